The summed E-state index contributed by atoms with van der Waals surface area (Å²) >= 11 is 6.03. The van der Waals surface area contributed by atoms with Crippen molar-refractivity contribution >= 4 is 35.1 Å². The Bertz CT molecular complexity index is 911. The molecule has 0 bridgehead atoms. The summed E-state index contributed by atoms with van der Waals surface area (Å²) in [6, 6.07) is 9.32. The highest BCUT2D eigenvalue weighted by Crippen LogP contribution is 2.25. The first-order chi connectivity index (χ1) is 14.8. The summed E-state index contributed by atoms with van der Waals surface area (Å²) in [5, 5.41) is 6.68. The average Bonchev–Trinajstić information content (AvgIpc) is 2.76. The molecule has 9 heteroatoms. The molecule has 0 atom stereocenters. The molecular weight excluding hydrogens is 416 g/mol. The summed E-state index contributed by atoms with van der Waals surface area (Å²) in [5.41, 5.74) is 0.866. The number of carbonyl (C=O) groups is 2. The van der Waals surface area contributed by atoms with Gasteiger partial charge in [0.15, 0.2) is 5.82 Å². The molecule has 31 heavy (non-hydrogen) atoms. The summed E-state index contributed by atoms with van der Waals surface area (Å²) < 4.78 is 0. The highest BCUT2D eigenvalue weighted by Gasteiger charge is 2.24. The van der Waals surface area contributed by atoms with Crippen molar-refractivity contribution in [3.63, 3.8) is 0 Å². The maximum Gasteiger partial charge on any atom is 0.225 e. The first kappa shape index (κ1) is 22.8. The SMILES string of the molecule is CC(=O)NCCNc1cc(N2CCN(C(=O)C(C)C)CC2)nc(-c2ccc(Cl)cc2)n1. The van der Waals surface area contributed by atoms with Crippen molar-refractivity contribution in [3.8, 4) is 11.4 Å². The van der Waals surface area contributed by atoms with E-state index in [1.807, 2.05) is 49.1 Å². The van der Waals surface area contributed by atoms with Gasteiger partial charge in [0.1, 0.15) is 11.6 Å². The largest absolute Gasteiger partial charge is 0.368 e. The zero-order chi connectivity index (χ0) is 22.4. The van der Waals surface area contributed by atoms with E-state index in [4.69, 9.17) is 16.6 Å². The molecule has 1 aromatic carbocycles. The lowest BCUT2D eigenvalue weighted by Gasteiger charge is -2.36. The van der Waals surface area contributed by atoms with Gasteiger partial charge in [0.05, 0.1) is 0 Å². The molecule has 2 aromatic rings. The van der Waals surface area contributed by atoms with Gasteiger partial charge in [-0.1, -0.05) is 25.4 Å². The number of anilines is 2. The number of hydrogen-bond donors (Lipinski definition) is 2. The van der Waals surface area contributed by atoms with Crippen LogP contribution >= 0.6 is 11.6 Å². The fourth-order valence-electron chi connectivity index (χ4n) is 3.37. The van der Waals surface area contributed by atoms with Gasteiger partial charge in [0, 0.05) is 68.8 Å². The van der Waals surface area contributed by atoms with E-state index < -0.39 is 0 Å². The molecule has 1 saturated heterocycles. The fraction of sp³-hybridized carbons (Fsp3) is 0.455. The van der Waals surface area contributed by atoms with Gasteiger partial charge in [-0.15, -0.1) is 0 Å². The van der Waals surface area contributed by atoms with Gasteiger partial charge < -0.3 is 20.4 Å². The standard InChI is InChI=1S/C22H29ClN6O2/c1-15(2)22(31)29-12-10-28(11-13-29)20-14-19(25-9-8-24-16(3)30)26-21(27-20)17-4-6-18(23)7-5-17/h4-7,14-15H,8-13H2,1-3H3,(H,24,30)(H,25,26,27). The first-order valence-electron chi connectivity index (χ1n) is 10.5. The summed E-state index contributed by atoms with van der Waals surface area (Å²) in [7, 11) is 0. The normalized spacial score (nSPS) is 14.0. The van der Waals surface area contributed by atoms with E-state index in [-0.39, 0.29) is 17.7 Å². The Balaban J connectivity index is 1.79. The molecule has 3 rings (SSSR count). The second kappa shape index (κ2) is 10.4. The third-order valence-corrected chi connectivity index (χ3v) is 5.28. The van der Waals surface area contributed by atoms with Crippen LogP contribution in [0, 0.1) is 5.92 Å². The number of aromatic nitrogens is 2. The summed E-state index contributed by atoms with van der Waals surface area (Å²) in [6.45, 7) is 9.15. The Morgan fingerprint density at radius 1 is 1.06 bits per heavy atom. The molecular formula is C22H29ClN6O2. The lowest BCUT2D eigenvalue weighted by atomic mass is 10.1. The number of benzene rings is 1. The van der Waals surface area contributed by atoms with Crippen LogP contribution < -0.4 is 15.5 Å². The smallest absolute Gasteiger partial charge is 0.225 e. The third kappa shape index (κ3) is 6.30. The van der Waals surface area contributed by atoms with Gasteiger partial charge in [-0.2, -0.15) is 0 Å². The summed E-state index contributed by atoms with van der Waals surface area (Å²) in [6.07, 6.45) is 0. The van der Waals surface area contributed by atoms with Crippen LogP contribution in [0.2, 0.25) is 5.02 Å². The van der Waals surface area contributed by atoms with Crippen LogP contribution in [-0.4, -0.2) is 66.0 Å². The average molecular weight is 445 g/mol. The van der Waals surface area contributed by atoms with Crippen LogP contribution in [-0.2, 0) is 9.59 Å². The van der Waals surface area contributed by atoms with Crippen molar-refractivity contribution in [1.29, 1.82) is 0 Å². The second-order valence-corrected chi connectivity index (χ2v) is 8.26. The maximum atomic E-state index is 12.3. The molecule has 1 aromatic heterocycles. The van der Waals surface area contributed by atoms with E-state index >= 15 is 0 Å². The topological polar surface area (TPSA) is 90.5 Å². The fourth-order valence-corrected chi connectivity index (χ4v) is 3.49. The van der Waals surface area contributed by atoms with Gasteiger partial charge in [-0.25, -0.2) is 9.97 Å². The minimum absolute atomic E-state index is 0.00141. The van der Waals surface area contributed by atoms with Crippen molar-refractivity contribution in [2.24, 2.45) is 5.92 Å². The Kier molecular flexibility index (Phi) is 7.68. The monoisotopic (exact) mass is 444 g/mol. The van der Waals surface area contributed by atoms with E-state index in [2.05, 4.69) is 20.5 Å². The van der Waals surface area contributed by atoms with Crippen LogP contribution in [0.5, 0.6) is 0 Å². The quantitative estimate of drug-likeness (QED) is 0.638. The Morgan fingerprint density at radius 2 is 1.74 bits per heavy atom. The van der Waals surface area contributed by atoms with Crippen molar-refractivity contribution in [2.75, 3.05) is 49.5 Å². The molecule has 2 N–H and O–H groups in total. The molecule has 8 nitrogen and oxygen atoms in total. The zero-order valence-corrected chi connectivity index (χ0v) is 18.9. The number of nitrogens with one attached hydrogen (secondary N) is 2. The number of rotatable bonds is 7. The van der Waals surface area contributed by atoms with Crippen molar-refractivity contribution in [2.45, 2.75) is 20.8 Å². The molecule has 0 spiro atoms. The van der Waals surface area contributed by atoms with Crippen molar-refractivity contribution in [1.82, 2.24) is 20.2 Å². The molecule has 0 aliphatic carbocycles. The Hall–Kier alpha value is -2.87. The lowest BCUT2D eigenvalue weighted by Crippen LogP contribution is -2.50. The number of piperazine rings is 1. The predicted octanol–water partition coefficient (Wildman–Crippen LogP) is 2.65. The van der Waals surface area contributed by atoms with E-state index in [1.165, 1.54) is 6.92 Å². The zero-order valence-electron chi connectivity index (χ0n) is 18.2. The summed E-state index contributed by atoms with van der Waals surface area (Å²) in [5.74, 6) is 2.20. The van der Waals surface area contributed by atoms with E-state index in [0.717, 1.165) is 11.4 Å². The lowest BCUT2D eigenvalue weighted by molar-refractivity contribution is -0.134. The molecule has 2 amide bonds. The van der Waals surface area contributed by atoms with E-state index in [9.17, 15) is 9.59 Å². The van der Waals surface area contributed by atoms with Gasteiger partial charge in [0.2, 0.25) is 11.8 Å². The number of carbonyl (C=O) groups excluding carboxylic acids is 2. The number of nitrogens with zero attached hydrogens (tertiary/aromatic N) is 4. The number of hydrogen-bond acceptors (Lipinski definition) is 6. The molecule has 1 aliphatic heterocycles. The maximum absolute atomic E-state index is 12.3. The highest BCUT2D eigenvalue weighted by molar-refractivity contribution is 6.30. The van der Waals surface area contributed by atoms with Crippen LogP contribution in [0.15, 0.2) is 30.3 Å². The number of amides is 2. The van der Waals surface area contributed by atoms with Gasteiger partial charge >= 0.3 is 0 Å². The van der Waals surface area contributed by atoms with E-state index in [0.29, 0.717) is 55.9 Å². The summed E-state index contributed by atoms with van der Waals surface area (Å²) in [4.78, 5) is 36.9. The van der Waals surface area contributed by atoms with Gasteiger partial charge in [0.25, 0.3) is 0 Å². The molecule has 0 saturated carbocycles. The Labute approximate surface area is 188 Å². The minimum Gasteiger partial charge on any atom is -0.368 e. The molecule has 1 aliphatic rings. The molecule has 0 radical (unpaired) electrons. The Morgan fingerprint density at radius 3 is 2.35 bits per heavy atom. The van der Waals surface area contributed by atoms with Gasteiger partial charge in [-0.3, -0.25) is 9.59 Å². The predicted molar refractivity (Wildman–Crippen MR) is 123 cm³/mol. The first-order valence-corrected chi connectivity index (χ1v) is 10.9. The highest BCUT2D eigenvalue weighted by atomic mass is 35.5. The van der Waals surface area contributed by atoms with Gasteiger partial charge in [-0.05, 0) is 24.3 Å². The molecule has 2 heterocycles. The third-order valence-electron chi connectivity index (χ3n) is 5.03. The van der Waals surface area contributed by atoms with Crippen LogP contribution in [0.1, 0.15) is 20.8 Å². The molecule has 1 fully saturated rings. The van der Waals surface area contributed by atoms with E-state index in [1.54, 1.807) is 0 Å². The van der Waals surface area contributed by atoms with Crippen LogP contribution in [0.25, 0.3) is 11.4 Å². The number of halogens is 1. The van der Waals surface area contributed by atoms with Crippen molar-refractivity contribution in [3.05, 3.63) is 35.4 Å². The molecule has 0 unspecified atom stereocenters. The van der Waals surface area contributed by atoms with Crippen LogP contribution in [0.3, 0.4) is 0 Å². The molecule has 166 valence electrons. The van der Waals surface area contributed by atoms with Crippen molar-refractivity contribution < 1.29 is 9.59 Å². The minimum atomic E-state index is -0.0687. The van der Waals surface area contributed by atoms with Crippen LogP contribution in [0.4, 0.5) is 11.6 Å². The second-order valence-electron chi connectivity index (χ2n) is 7.82.